The molecule has 0 fully saturated rings. The predicted molar refractivity (Wildman–Crippen MR) is 107 cm³/mol. The van der Waals surface area contributed by atoms with Crippen molar-refractivity contribution in [1.82, 2.24) is 5.43 Å². The van der Waals surface area contributed by atoms with Crippen LogP contribution in [0.1, 0.15) is 26.5 Å². The number of halogens is 2. The number of aromatic carboxylic acids is 1. The molecule has 28 heavy (non-hydrogen) atoms. The minimum Gasteiger partial charge on any atom is -0.507 e. The molecule has 0 spiro atoms. The highest BCUT2D eigenvalue weighted by atomic mass is 79.9. The lowest BCUT2D eigenvalue weighted by Crippen LogP contribution is -2.17. The Balaban J connectivity index is 1.73. The first kappa shape index (κ1) is 19.7. The molecule has 142 valence electrons. The van der Waals surface area contributed by atoms with E-state index in [-0.39, 0.29) is 21.9 Å². The minimum absolute atomic E-state index is 0.0353. The standard InChI is InChI=1S/C19H12BrClN2O5/c20-11-2-5-16(24)14(8-11)18(25)23-22-9-12-3-6-17(28-12)10-1-4-15(21)13(7-10)19(26)27/h1-9,24H,(H,23,25)(H,26,27)/b22-9-. The van der Waals surface area contributed by atoms with E-state index in [0.717, 1.165) is 0 Å². The summed E-state index contributed by atoms with van der Waals surface area (Å²) in [7, 11) is 0. The summed E-state index contributed by atoms with van der Waals surface area (Å²) < 4.78 is 6.22. The summed E-state index contributed by atoms with van der Waals surface area (Å²) in [6.07, 6.45) is 1.28. The van der Waals surface area contributed by atoms with Crippen LogP contribution in [0.4, 0.5) is 0 Å². The van der Waals surface area contributed by atoms with Crippen molar-refractivity contribution in [3.63, 3.8) is 0 Å². The van der Waals surface area contributed by atoms with Gasteiger partial charge in [-0.1, -0.05) is 27.5 Å². The van der Waals surface area contributed by atoms with Crippen molar-refractivity contribution in [3.8, 4) is 17.1 Å². The number of carboxylic acid groups (broad SMARTS) is 1. The van der Waals surface area contributed by atoms with Crippen molar-refractivity contribution < 1.29 is 24.2 Å². The molecule has 0 radical (unpaired) electrons. The van der Waals surface area contributed by atoms with Gasteiger partial charge in [0.05, 0.1) is 22.4 Å². The van der Waals surface area contributed by atoms with Gasteiger partial charge in [-0.05, 0) is 48.5 Å². The number of amides is 1. The number of hydrogen-bond acceptors (Lipinski definition) is 5. The predicted octanol–water partition coefficient (Wildman–Crippen LogP) is 4.53. The molecule has 0 saturated heterocycles. The van der Waals surface area contributed by atoms with E-state index in [1.807, 2.05) is 0 Å². The van der Waals surface area contributed by atoms with Gasteiger partial charge in [-0.3, -0.25) is 4.79 Å². The molecule has 0 aliphatic heterocycles. The molecule has 3 rings (SSSR count). The molecule has 0 unspecified atom stereocenters. The Morgan fingerprint density at radius 1 is 1.11 bits per heavy atom. The molecule has 1 heterocycles. The number of benzene rings is 2. The van der Waals surface area contributed by atoms with E-state index < -0.39 is 11.9 Å². The zero-order valence-corrected chi connectivity index (χ0v) is 16.4. The van der Waals surface area contributed by atoms with Crippen LogP contribution >= 0.6 is 27.5 Å². The number of phenols is 1. The number of phenolic OH excluding ortho intramolecular Hbond substituents is 1. The Hall–Kier alpha value is -3.10. The third kappa shape index (κ3) is 4.41. The summed E-state index contributed by atoms with van der Waals surface area (Å²) >= 11 is 9.08. The zero-order chi connectivity index (χ0) is 20.3. The second-order valence-corrected chi connectivity index (χ2v) is 6.89. The van der Waals surface area contributed by atoms with Gasteiger partial charge in [-0.15, -0.1) is 0 Å². The van der Waals surface area contributed by atoms with Crippen LogP contribution in [0.15, 0.2) is 62.5 Å². The smallest absolute Gasteiger partial charge is 0.337 e. The maximum atomic E-state index is 12.1. The van der Waals surface area contributed by atoms with Gasteiger partial charge in [0, 0.05) is 10.0 Å². The number of rotatable bonds is 5. The van der Waals surface area contributed by atoms with E-state index in [2.05, 4.69) is 26.5 Å². The van der Waals surface area contributed by atoms with Gasteiger partial charge in [-0.2, -0.15) is 5.10 Å². The Kier molecular flexibility index (Phi) is 5.81. The summed E-state index contributed by atoms with van der Waals surface area (Å²) in [5.41, 5.74) is 2.85. The third-order valence-corrected chi connectivity index (χ3v) is 4.49. The summed E-state index contributed by atoms with van der Waals surface area (Å²) in [4.78, 5) is 23.2. The Morgan fingerprint density at radius 2 is 1.89 bits per heavy atom. The maximum Gasteiger partial charge on any atom is 0.337 e. The highest BCUT2D eigenvalue weighted by molar-refractivity contribution is 9.10. The van der Waals surface area contributed by atoms with Gasteiger partial charge in [-0.25, -0.2) is 10.2 Å². The van der Waals surface area contributed by atoms with Gasteiger partial charge in [0.25, 0.3) is 5.91 Å². The average Bonchev–Trinajstić information content (AvgIpc) is 3.12. The molecular weight excluding hydrogens is 452 g/mol. The topological polar surface area (TPSA) is 112 Å². The molecule has 0 bridgehead atoms. The first-order valence-corrected chi connectivity index (χ1v) is 8.97. The normalized spacial score (nSPS) is 10.9. The summed E-state index contributed by atoms with van der Waals surface area (Å²) in [5, 5.41) is 22.8. The molecule has 7 nitrogen and oxygen atoms in total. The summed E-state index contributed by atoms with van der Waals surface area (Å²) in [5.74, 6) is -1.16. The molecule has 0 aliphatic carbocycles. The maximum absolute atomic E-state index is 12.1. The number of carboxylic acids is 1. The van der Waals surface area contributed by atoms with E-state index >= 15 is 0 Å². The Labute approximate surface area is 172 Å². The van der Waals surface area contributed by atoms with Gasteiger partial charge < -0.3 is 14.6 Å². The first-order chi connectivity index (χ1) is 13.3. The highest BCUT2D eigenvalue weighted by Crippen LogP contribution is 2.26. The van der Waals surface area contributed by atoms with E-state index in [9.17, 15) is 14.7 Å². The lowest BCUT2D eigenvalue weighted by atomic mass is 10.1. The fraction of sp³-hybridized carbons (Fsp3) is 0. The van der Waals surface area contributed by atoms with Crippen LogP contribution in [-0.4, -0.2) is 28.3 Å². The summed E-state index contributed by atoms with van der Waals surface area (Å²) in [6.45, 7) is 0. The number of nitrogens with one attached hydrogen (secondary N) is 1. The first-order valence-electron chi connectivity index (χ1n) is 7.80. The SMILES string of the molecule is O=C(N/N=C\c1ccc(-c2ccc(Cl)c(C(=O)O)c2)o1)c1cc(Br)ccc1O. The van der Waals surface area contributed by atoms with E-state index in [1.54, 1.807) is 24.3 Å². The monoisotopic (exact) mass is 462 g/mol. The fourth-order valence-corrected chi connectivity index (χ4v) is 2.88. The molecule has 1 amide bonds. The molecule has 9 heteroatoms. The van der Waals surface area contributed by atoms with Gasteiger partial charge in [0.1, 0.15) is 17.3 Å². The van der Waals surface area contributed by atoms with Gasteiger partial charge >= 0.3 is 5.97 Å². The third-order valence-electron chi connectivity index (χ3n) is 3.67. The van der Waals surface area contributed by atoms with Crippen molar-refractivity contribution in [3.05, 3.63) is 74.9 Å². The van der Waals surface area contributed by atoms with Crippen LogP contribution in [0.2, 0.25) is 5.02 Å². The fourth-order valence-electron chi connectivity index (χ4n) is 2.32. The van der Waals surface area contributed by atoms with Crippen LogP contribution in [0.3, 0.4) is 0 Å². The number of carbonyl (C=O) groups excluding carboxylic acids is 1. The molecule has 0 atom stereocenters. The number of aromatic hydroxyl groups is 1. The molecule has 3 aromatic rings. The van der Waals surface area contributed by atoms with Crippen LogP contribution in [-0.2, 0) is 0 Å². The van der Waals surface area contributed by atoms with Crippen LogP contribution < -0.4 is 5.43 Å². The quantitative estimate of drug-likeness (QED) is 0.380. The second-order valence-electron chi connectivity index (χ2n) is 5.56. The number of nitrogens with zero attached hydrogens (tertiary/aromatic N) is 1. The molecule has 0 saturated carbocycles. The van der Waals surface area contributed by atoms with Crippen LogP contribution in [0, 0.1) is 0 Å². The molecule has 3 N–H and O–H groups in total. The van der Waals surface area contributed by atoms with Crippen molar-refractivity contribution in [1.29, 1.82) is 0 Å². The molecule has 1 aromatic heterocycles. The number of furan rings is 1. The Morgan fingerprint density at radius 3 is 2.64 bits per heavy atom. The number of carbonyl (C=O) groups is 2. The largest absolute Gasteiger partial charge is 0.507 e. The van der Waals surface area contributed by atoms with E-state index in [1.165, 1.54) is 30.5 Å². The van der Waals surface area contributed by atoms with Gasteiger partial charge in [0.2, 0.25) is 0 Å². The van der Waals surface area contributed by atoms with E-state index in [0.29, 0.717) is 21.6 Å². The lowest BCUT2D eigenvalue weighted by Gasteiger charge is -2.03. The zero-order valence-electron chi connectivity index (χ0n) is 14.0. The van der Waals surface area contributed by atoms with E-state index in [4.69, 9.17) is 21.1 Å². The number of hydrazone groups is 1. The molecule has 2 aromatic carbocycles. The van der Waals surface area contributed by atoms with Gasteiger partial charge in [0.15, 0.2) is 0 Å². The van der Waals surface area contributed by atoms with Crippen molar-refractivity contribution in [2.75, 3.05) is 0 Å². The van der Waals surface area contributed by atoms with Crippen molar-refractivity contribution >= 4 is 45.6 Å². The van der Waals surface area contributed by atoms with Crippen molar-refractivity contribution in [2.24, 2.45) is 5.10 Å². The van der Waals surface area contributed by atoms with Crippen LogP contribution in [0.5, 0.6) is 5.75 Å². The Bertz CT molecular complexity index is 1090. The van der Waals surface area contributed by atoms with Crippen molar-refractivity contribution in [2.45, 2.75) is 0 Å². The average molecular weight is 464 g/mol. The molecular formula is C19H12BrClN2O5. The molecule has 0 aliphatic rings. The van der Waals surface area contributed by atoms with Crippen LogP contribution in [0.25, 0.3) is 11.3 Å². The number of hydrogen-bond donors (Lipinski definition) is 3. The lowest BCUT2D eigenvalue weighted by molar-refractivity contribution is 0.0696. The second kappa shape index (κ2) is 8.28. The minimum atomic E-state index is -1.14. The highest BCUT2D eigenvalue weighted by Gasteiger charge is 2.13. The summed E-state index contributed by atoms with van der Waals surface area (Å²) in [6, 6.07) is 12.2.